The van der Waals surface area contributed by atoms with E-state index in [-0.39, 0.29) is 24.2 Å². The Morgan fingerprint density at radius 1 is 0.821 bits per heavy atom. The number of carbonyl (C=O) groups is 2. The molecule has 3 aliphatic heterocycles. The van der Waals surface area contributed by atoms with E-state index in [9.17, 15) is 14.4 Å². The number of ether oxygens (including phenoxy) is 4. The number of rotatable bonds is 20. The van der Waals surface area contributed by atoms with E-state index >= 15 is 0 Å². The van der Waals surface area contributed by atoms with E-state index in [1.807, 2.05) is 97.6 Å². The molecule has 0 radical (unpaired) electrons. The maximum absolute atomic E-state index is 13.9. The number of aromatic nitrogens is 2. The van der Waals surface area contributed by atoms with Crippen LogP contribution < -0.4 is 30.4 Å². The average Bonchev–Trinajstić information content (AvgIpc) is 3.33. The highest BCUT2D eigenvalue weighted by Crippen LogP contribution is 2.36. The van der Waals surface area contributed by atoms with E-state index in [1.54, 1.807) is 11.7 Å². The Hall–Kier alpha value is -5.96. The number of fused-ring (bicyclic) bond motifs is 3. The van der Waals surface area contributed by atoms with Gasteiger partial charge in [-0.25, -0.2) is 9.78 Å². The molecule has 5 aromatic rings. The molecule has 4 heterocycles. The van der Waals surface area contributed by atoms with E-state index in [4.69, 9.17) is 23.9 Å². The topological polar surface area (TPSA) is 140 Å². The quantitative estimate of drug-likeness (QED) is 0.0733. The zero-order chi connectivity index (χ0) is 46.5. The fourth-order valence-corrected chi connectivity index (χ4v) is 9.98. The highest BCUT2D eigenvalue weighted by atomic mass is 16.6. The molecule has 2 N–H and O–H groups in total. The summed E-state index contributed by atoms with van der Waals surface area (Å²) in [6.45, 7) is 10.1. The van der Waals surface area contributed by atoms with Crippen LogP contribution in [0, 0.1) is 6.92 Å². The van der Waals surface area contributed by atoms with Crippen LogP contribution >= 0.6 is 0 Å². The zero-order valence-electron chi connectivity index (χ0n) is 39.4. The van der Waals surface area contributed by atoms with Crippen LogP contribution in [0.4, 0.5) is 10.5 Å². The lowest BCUT2D eigenvalue weighted by atomic mass is 9.82. The number of piperidine rings is 2. The van der Waals surface area contributed by atoms with E-state index < -0.39 is 6.09 Å². The summed E-state index contributed by atoms with van der Waals surface area (Å²) in [6, 6.07) is 29.6. The molecule has 1 aromatic heterocycles. The van der Waals surface area contributed by atoms with Gasteiger partial charge in [0.15, 0.2) is 6.61 Å². The number of methoxy groups -OCH3 is 1. The average molecular weight is 914 g/mol. The van der Waals surface area contributed by atoms with Gasteiger partial charge < -0.3 is 29.2 Å². The summed E-state index contributed by atoms with van der Waals surface area (Å²) in [5.74, 6) is 2.52. The first-order chi connectivity index (χ1) is 32.8. The smallest absolute Gasteiger partial charge is 0.412 e. The van der Waals surface area contributed by atoms with E-state index in [0.29, 0.717) is 96.8 Å². The van der Waals surface area contributed by atoms with Crippen molar-refractivity contribution in [2.45, 2.75) is 103 Å². The second-order valence-electron chi connectivity index (χ2n) is 18.1. The molecule has 3 aliphatic rings. The fourth-order valence-electron chi connectivity index (χ4n) is 9.98. The number of nitrogens with one attached hydrogen (secondary N) is 2. The third-order valence-electron chi connectivity index (χ3n) is 13.4. The SMILES string of the molecule is CCOc1ccccc1-n1c(CN2CCN(C(=O)COc3ccc(CNCCCCCCN4C5CCCC4CC(OC(=O)Nc4cc(C)ccc4OC)C5)cc3)CC2)nc2ccccc2c1=O. The van der Waals surface area contributed by atoms with Gasteiger partial charge in [-0.2, -0.15) is 0 Å². The van der Waals surface area contributed by atoms with Crippen molar-refractivity contribution in [3.8, 4) is 22.9 Å². The van der Waals surface area contributed by atoms with Gasteiger partial charge in [0.25, 0.3) is 11.5 Å². The van der Waals surface area contributed by atoms with E-state index in [0.717, 1.165) is 44.5 Å². The van der Waals surface area contributed by atoms with Gasteiger partial charge in [0.1, 0.15) is 29.2 Å². The van der Waals surface area contributed by atoms with Gasteiger partial charge in [-0.3, -0.25) is 29.3 Å². The van der Waals surface area contributed by atoms with Gasteiger partial charge in [-0.1, -0.05) is 61.7 Å². The van der Waals surface area contributed by atoms with Crippen LogP contribution in [0.5, 0.6) is 17.2 Å². The van der Waals surface area contributed by atoms with Gasteiger partial charge >= 0.3 is 6.09 Å². The number of amides is 2. The van der Waals surface area contributed by atoms with E-state index in [1.165, 1.54) is 44.1 Å². The molecule has 3 saturated heterocycles. The molecule has 14 heteroatoms. The van der Waals surface area contributed by atoms with Crippen molar-refractivity contribution < 1.29 is 28.5 Å². The molecule has 4 aromatic carbocycles. The molecule has 2 unspecified atom stereocenters. The Kier molecular flexibility index (Phi) is 16.4. The van der Waals surface area contributed by atoms with Crippen LogP contribution in [-0.2, 0) is 22.6 Å². The number of para-hydroxylation sites is 3. The number of aryl methyl sites for hydroxylation is 1. The third-order valence-corrected chi connectivity index (χ3v) is 13.4. The van der Waals surface area contributed by atoms with Gasteiger partial charge in [-0.05, 0) is 112 Å². The maximum atomic E-state index is 13.9. The number of carbonyl (C=O) groups excluding carboxylic acids is 2. The summed E-state index contributed by atoms with van der Waals surface area (Å²) in [4.78, 5) is 51.7. The Balaban J connectivity index is 0.703. The molecule has 0 saturated carbocycles. The number of unbranched alkanes of at least 4 members (excludes halogenated alkanes) is 3. The molecule has 2 amide bonds. The van der Waals surface area contributed by atoms with Gasteiger partial charge in [0.05, 0.1) is 42.5 Å². The molecule has 2 bridgehead atoms. The van der Waals surface area contributed by atoms with Crippen LogP contribution in [0.25, 0.3) is 16.6 Å². The number of hydrogen-bond acceptors (Lipinski definition) is 11. The molecule has 67 heavy (non-hydrogen) atoms. The van der Waals surface area contributed by atoms with Crippen molar-refractivity contribution in [3.05, 3.63) is 118 Å². The highest BCUT2D eigenvalue weighted by Gasteiger charge is 2.39. The predicted molar refractivity (Wildman–Crippen MR) is 261 cm³/mol. The van der Waals surface area contributed by atoms with Crippen LogP contribution in [0.3, 0.4) is 0 Å². The summed E-state index contributed by atoms with van der Waals surface area (Å²) in [5, 5.41) is 7.04. The van der Waals surface area contributed by atoms with Crippen LogP contribution in [0.2, 0.25) is 0 Å². The summed E-state index contributed by atoms with van der Waals surface area (Å²) < 4.78 is 24.9. The first-order valence-corrected chi connectivity index (χ1v) is 24.3. The van der Waals surface area contributed by atoms with Crippen molar-refractivity contribution >= 4 is 28.6 Å². The summed E-state index contributed by atoms with van der Waals surface area (Å²) in [7, 11) is 1.60. The van der Waals surface area contributed by atoms with E-state index in [2.05, 4.69) is 32.6 Å². The number of benzene rings is 4. The third kappa shape index (κ3) is 12.3. The molecular weight excluding hydrogens is 847 g/mol. The number of hydrogen-bond donors (Lipinski definition) is 2. The Morgan fingerprint density at radius 3 is 2.34 bits per heavy atom. The van der Waals surface area contributed by atoms with Crippen LogP contribution in [-0.4, -0.2) is 114 Å². The Morgan fingerprint density at radius 2 is 1.57 bits per heavy atom. The maximum Gasteiger partial charge on any atom is 0.412 e. The molecule has 0 aliphatic carbocycles. The Labute approximate surface area is 394 Å². The largest absolute Gasteiger partial charge is 0.495 e. The summed E-state index contributed by atoms with van der Waals surface area (Å²) in [5.41, 5.74) is 4.05. The minimum absolute atomic E-state index is 0.0182. The Bertz CT molecular complexity index is 2470. The van der Waals surface area contributed by atoms with Crippen molar-refractivity contribution in [1.82, 2.24) is 29.6 Å². The standard InChI is InChI=1S/C53H67N7O7/c1-4-65-49-19-10-9-18-47(49)60-50(55-45-17-8-7-16-44(45)52(60)62)36-57-28-30-58(31-29-57)51(61)37-66-42-23-21-39(22-24-42)35-54-26-11-5-6-12-27-59-40-14-13-15-41(59)34-43(33-40)67-53(63)56-46-32-38(2)20-25-48(46)64-3/h7-10,16-25,32,40-41,43,54H,4-6,11-15,26-31,33-37H2,1-3H3,(H,56,63). The number of anilines is 1. The lowest BCUT2D eigenvalue weighted by Crippen LogP contribution is -2.54. The summed E-state index contributed by atoms with van der Waals surface area (Å²) >= 11 is 0. The van der Waals surface area contributed by atoms with Crippen molar-refractivity contribution in [2.75, 3.05) is 64.9 Å². The van der Waals surface area contributed by atoms with Gasteiger partial charge in [0.2, 0.25) is 0 Å². The normalized spacial score (nSPS) is 18.7. The second kappa shape index (κ2) is 23.2. The van der Waals surface area contributed by atoms with Crippen LogP contribution in [0.1, 0.15) is 81.7 Å². The number of piperazine rings is 1. The number of nitrogens with zero attached hydrogens (tertiary/aromatic N) is 5. The van der Waals surface area contributed by atoms with Crippen molar-refractivity contribution in [2.24, 2.45) is 0 Å². The fraction of sp³-hybridized carbons (Fsp3) is 0.472. The monoisotopic (exact) mass is 914 g/mol. The second-order valence-corrected chi connectivity index (χ2v) is 18.1. The molecular formula is C53H67N7O7. The van der Waals surface area contributed by atoms with Crippen molar-refractivity contribution in [1.29, 1.82) is 0 Å². The lowest BCUT2D eigenvalue weighted by Gasteiger charge is -2.48. The zero-order valence-corrected chi connectivity index (χ0v) is 39.4. The molecule has 356 valence electrons. The predicted octanol–water partition coefficient (Wildman–Crippen LogP) is 8.11. The minimum Gasteiger partial charge on any atom is -0.495 e. The molecule has 0 spiro atoms. The molecule has 8 rings (SSSR count). The minimum atomic E-state index is -0.406. The first kappa shape index (κ1) is 47.5. The molecule has 3 fully saturated rings. The highest BCUT2D eigenvalue weighted by molar-refractivity contribution is 5.87. The molecule has 2 atom stereocenters. The van der Waals surface area contributed by atoms with Gasteiger partial charge in [0, 0.05) is 57.6 Å². The van der Waals surface area contributed by atoms with Gasteiger partial charge in [-0.15, -0.1) is 0 Å². The lowest BCUT2D eigenvalue weighted by molar-refractivity contribution is -0.135. The summed E-state index contributed by atoms with van der Waals surface area (Å²) in [6.07, 6.45) is 9.63. The van der Waals surface area contributed by atoms with Crippen LogP contribution in [0.15, 0.2) is 95.8 Å². The molecule has 14 nitrogen and oxygen atoms in total. The first-order valence-electron chi connectivity index (χ1n) is 24.3. The van der Waals surface area contributed by atoms with Crippen molar-refractivity contribution in [3.63, 3.8) is 0 Å².